The maximum absolute atomic E-state index is 9.53. The molecule has 0 aliphatic rings. The molecule has 0 heterocycles. The number of hydrogen-bond donors (Lipinski definition) is 0. The van der Waals surface area contributed by atoms with Crippen LogP contribution in [0.2, 0.25) is 0 Å². The third-order valence-electron chi connectivity index (χ3n) is 0. The molecule has 0 N–H and O–H groups in total. The molecule has 0 rings (SSSR count). The molecule has 0 saturated carbocycles. The van der Waals surface area contributed by atoms with Crippen LogP contribution >= 0.6 is 0 Å². The molecule has 0 aromatic heterocycles. The Morgan fingerprint density at radius 1 is 1.40 bits per heavy atom. The fourth-order valence-corrected chi connectivity index (χ4v) is 0. The van der Waals surface area contributed by atoms with Gasteiger partial charge < -0.3 is 0 Å². The van der Waals surface area contributed by atoms with Crippen LogP contribution in [-0.2, 0) is 35.6 Å². The van der Waals surface area contributed by atoms with Crippen molar-refractivity contribution in [3.63, 3.8) is 0 Å². The third-order valence-corrected chi connectivity index (χ3v) is 0. The van der Waals surface area contributed by atoms with Crippen LogP contribution in [0.4, 0.5) is 7.10 Å². The Morgan fingerprint density at radius 3 is 1.40 bits per heavy atom. The van der Waals surface area contributed by atoms with Crippen molar-refractivity contribution in [2.24, 2.45) is 0 Å². The molecule has 0 saturated heterocycles. The average molecular weight is 181 g/mol. The van der Waals surface area contributed by atoms with E-state index in [1.54, 1.807) is 0 Å². The predicted octanol–water partition coefficient (Wildman–Crippen LogP) is 0.717. The van der Waals surface area contributed by atoms with Gasteiger partial charge in [0.2, 0.25) is 0 Å². The molecule has 0 aromatic carbocycles. The molecule has 0 spiro atoms. The van der Waals surface area contributed by atoms with Crippen LogP contribution < -0.4 is 0 Å². The van der Waals surface area contributed by atoms with Crippen molar-refractivity contribution >= 4 is 0 Å². The van der Waals surface area contributed by atoms with Crippen molar-refractivity contribution in [2.45, 2.75) is 0 Å². The molecule has 1 nitrogen and oxygen atoms in total. The SMILES string of the molecule is [F][Cu][F].[O]=[Cu]. The molecule has 0 aliphatic carbocycles. The van der Waals surface area contributed by atoms with Crippen molar-refractivity contribution in [3.05, 3.63) is 0 Å². The summed E-state index contributed by atoms with van der Waals surface area (Å²) in [5.41, 5.74) is 0. The van der Waals surface area contributed by atoms with Gasteiger partial charge >= 0.3 is 42.7 Å². The quantitative estimate of drug-likeness (QED) is 0.503. The van der Waals surface area contributed by atoms with Crippen LogP contribution in [0, 0.1) is 0 Å². The first-order chi connectivity index (χ1) is 2.41. The molecule has 42 valence electrons. The monoisotopic (exact) mass is 180 g/mol. The first kappa shape index (κ1) is 9.20. The Hall–Kier alpha value is 0.699. The molecular weight excluding hydrogens is 181 g/mol. The molecule has 0 aliphatic heterocycles. The second kappa shape index (κ2) is 22.3. The van der Waals surface area contributed by atoms with Gasteiger partial charge in [-0.05, 0) is 0 Å². The Labute approximate surface area is 43.2 Å². The van der Waals surface area contributed by atoms with Gasteiger partial charge in [0.1, 0.15) is 0 Å². The van der Waals surface area contributed by atoms with Gasteiger partial charge in [-0.3, -0.25) is 0 Å². The van der Waals surface area contributed by atoms with Crippen molar-refractivity contribution in [2.75, 3.05) is 0 Å². The van der Waals surface area contributed by atoms with Gasteiger partial charge in [-0.1, -0.05) is 0 Å². The first-order valence-electron chi connectivity index (χ1n) is 0.351. The van der Waals surface area contributed by atoms with Gasteiger partial charge in [0.05, 0.1) is 0 Å². The standard InChI is InChI=1S/2Cu.2FH.O/h;;2*1H;/q;+2;;;/p-2. The molecule has 0 amide bonds. The Balaban J connectivity index is 0. The molecule has 0 atom stereocenters. The summed E-state index contributed by atoms with van der Waals surface area (Å²) in [6.45, 7) is 0. The van der Waals surface area contributed by atoms with Gasteiger partial charge in [-0.25, -0.2) is 0 Å². The van der Waals surface area contributed by atoms with Gasteiger partial charge in [0.15, 0.2) is 0 Å². The summed E-state index contributed by atoms with van der Waals surface area (Å²) in [4.78, 5) is 0. The van der Waals surface area contributed by atoms with Crippen molar-refractivity contribution in [1.82, 2.24) is 0 Å². The van der Waals surface area contributed by atoms with E-state index in [2.05, 4.69) is 15.9 Å². The average Bonchev–Trinajstić information content (AvgIpc) is 1.46. The first-order valence-corrected chi connectivity index (χ1v) is 1.45. The molecule has 0 radical (unpaired) electrons. The van der Waals surface area contributed by atoms with Gasteiger partial charge in [-0.2, -0.15) is 0 Å². The van der Waals surface area contributed by atoms with Crippen LogP contribution in [-0.4, -0.2) is 0 Å². The molecule has 0 bridgehead atoms. The van der Waals surface area contributed by atoms with Crippen LogP contribution in [0.15, 0.2) is 0 Å². The molecule has 0 fully saturated rings. The van der Waals surface area contributed by atoms with Crippen molar-refractivity contribution in [1.29, 1.82) is 0 Å². The van der Waals surface area contributed by atoms with Crippen LogP contribution in [0.1, 0.15) is 0 Å². The van der Waals surface area contributed by atoms with Gasteiger partial charge in [0.25, 0.3) is 0 Å². The fraction of sp³-hybridized carbons (Fsp3) is 0. The molecular formula is Cu2F2O. The molecule has 0 aromatic rings. The van der Waals surface area contributed by atoms with Crippen LogP contribution in [0.3, 0.4) is 0 Å². The van der Waals surface area contributed by atoms with E-state index in [0.717, 1.165) is 0 Å². The van der Waals surface area contributed by atoms with E-state index in [1.165, 1.54) is 0 Å². The van der Waals surface area contributed by atoms with E-state index < -0.39 is 15.9 Å². The molecule has 5 heavy (non-hydrogen) atoms. The minimum atomic E-state index is -1.19. The second-order valence-corrected chi connectivity index (χ2v) is 0.178. The Morgan fingerprint density at radius 2 is 1.40 bits per heavy atom. The topological polar surface area (TPSA) is 17.1 Å². The van der Waals surface area contributed by atoms with E-state index >= 15 is 0 Å². The van der Waals surface area contributed by atoms with E-state index in [9.17, 15) is 7.10 Å². The third kappa shape index (κ3) is 70.1. The zero-order chi connectivity index (χ0) is 4.71. The zero-order valence-corrected chi connectivity index (χ0v) is 3.65. The molecule has 0 unspecified atom stereocenters. The summed E-state index contributed by atoms with van der Waals surface area (Å²) in [7, 11) is 0. The Kier molecular flexibility index (Phi) is 41.0. The van der Waals surface area contributed by atoms with Gasteiger partial charge in [0, 0.05) is 0 Å². The van der Waals surface area contributed by atoms with E-state index in [-0.39, 0.29) is 0 Å². The van der Waals surface area contributed by atoms with Crippen molar-refractivity contribution < 1.29 is 42.7 Å². The van der Waals surface area contributed by atoms with Crippen LogP contribution in [0.25, 0.3) is 0 Å². The second-order valence-electron chi connectivity index (χ2n) is 0.0431. The summed E-state index contributed by atoms with van der Waals surface area (Å²) < 4.78 is 26.9. The Bertz CT molecular complexity index is 11.6. The summed E-state index contributed by atoms with van der Waals surface area (Å²) >= 11 is 1.75. The van der Waals surface area contributed by atoms with Crippen LogP contribution in [0.5, 0.6) is 0 Å². The van der Waals surface area contributed by atoms with E-state index in [0.29, 0.717) is 0 Å². The summed E-state index contributed by atoms with van der Waals surface area (Å²) in [5.74, 6) is 0. The van der Waals surface area contributed by atoms with Gasteiger partial charge in [-0.15, -0.1) is 0 Å². The zero-order valence-electron chi connectivity index (χ0n) is 1.77. The maximum atomic E-state index is 9.53. The number of hydrogen-bond acceptors (Lipinski definition) is 1. The summed E-state index contributed by atoms with van der Waals surface area (Å²) in [5, 5.41) is 0. The molecule has 5 heteroatoms. The summed E-state index contributed by atoms with van der Waals surface area (Å²) in [6.07, 6.45) is 0. The number of halogens is 2. The normalized spacial score (nSPS) is 5.60. The predicted molar refractivity (Wildman–Crippen MR) is 2.90 cm³/mol. The van der Waals surface area contributed by atoms with E-state index in [1.807, 2.05) is 0 Å². The van der Waals surface area contributed by atoms with Crippen molar-refractivity contribution in [3.8, 4) is 0 Å². The van der Waals surface area contributed by atoms with E-state index in [4.69, 9.17) is 3.83 Å². The fourth-order valence-electron chi connectivity index (χ4n) is 0. The number of rotatable bonds is 0. The summed E-state index contributed by atoms with van der Waals surface area (Å²) in [6, 6.07) is 0. The minimum absolute atomic E-state index is 1.19.